The minimum atomic E-state index is -0.226. The summed E-state index contributed by atoms with van der Waals surface area (Å²) < 4.78 is 10.1. The molecule has 1 fully saturated rings. The lowest BCUT2D eigenvalue weighted by Crippen LogP contribution is -2.43. The first-order chi connectivity index (χ1) is 7.65. The standard InChI is InChI=1S/C11H18ClNO3/c1-9(6-12)7-13-3-4-16-10(8-13)5-11(14)15-2/h6,10H,3-5,7-8H2,1-2H3. The number of ether oxygens (including phenoxy) is 2. The average Bonchev–Trinajstić information content (AvgIpc) is 2.29. The van der Waals surface area contributed by atoms with Gasteiger partial charge in [-0.2, -0.15) is 0 Å². The van der Waals surface area contributed by atoms with Crippen molar-refractivity contribution in [1.29, 1.82) is 0 Å². The van der Waals surface area contributed by atoms with Gasteiger partial charge in [0, 0.05) is 25.2 Å². The molecule has 4 nitrogen and oxygen atoms in total. The Bertz CT molecular complexity index is 268. The summed E-state index contributed by atoms with van der Waals surface area (Å²) in [7, 11) is 1.39. The number of esters is 1. The molecule has 0 N–H and O–H groups in total. The number of hydrogen-bond acceptors (Lipinski definition) is 4. The Morgan fingerprint density at radius 2 is 2.44 bits per heavy atom. The maximum atomic E-state index is 11.1. The molecule has 0 saturated carbocycles. The lowest BCUT2D eigenvalue weighted by Gasteiger charge is -2.32. The van der Waals surface area contributed by atoms with Gasteiger partial charge in [0.15, 0.2) is 0 Å². The molecule has 1 aliphatic heterocycles. The monoisotopic (exact) mass is 247 g/mol. The van der Waals surface area contributed by atoms with Gasteiger partial charge in [0.05, 0.1) is 26.2 Å². The molecule has 1 unspecified atom stereocenters. The smallest absolute Gasteiger partial charge is 0.308 e. The molecule has 92 valence electrons. The summed E-state index contributed by atoms with van der Waals surface area (Å²) in [5.74, 6) is -0.226. The maximum Gasteiger partial charge on any atom is 0.308 e. The molecule has 0 spiro atoms. The highest BCUT2D eigenvalue weighted by atomic mass is 35.5. The van der Waals surface area contributed by atoms with E-state index >= 15 is 0 Å². The van der Waals surface area contributed by atoms with E-state index in [0.29, 0.717) is 13.0 Å². The van der Waals surface area contributed by atoms with Crippen LogP contribution < -0.4 is 0 Å². The highest BCUT2D eigenvalue weighted by Gasteiger charge is 2.23. The van der Waals surface area contributed by atoms with Gasteiger partial charge in [-0.25, -0.2) is 0 Å². The van der Waals surface area contributed by atoms with Gasteiger partial charge in [0.1, 0.15) is 0 Å². The third-order valence-electron chi connectivity index (χ3n) is 2.50. The second-order valence-electron chi connectivity index (χ2n) is 3.96. The SMILES string of the molecule is COC(=O)CC1CN(CC(C)=CCl)CCO1. The summed E-state index contributed by atoms with van der Waals surface area (Å²) in [5, 5.41) is 0. The van der Waals surface area contributed by atoms with E-state index in [2.05, 4.69) is 9.64 Å². The molecule has 1 rings (SSSR count). The van der Waals surface area contributed by atoms with E-state index < -0.39 is 0 Å². The van der Waals surface area contributed by atoms with Crippen molar-refractivity contribution in [3.63, 3.8) is 0 Å². The van der Waals surface area contributed by atoms with E-state index in [9.17, 15) is 4.79 Å². The van der Waals surface area contributed by atoms with Crippen LogP contribution in [-0.2, 0) is 14.3 Å². The molecular weight excluding hydrogens is 230 g/mol. The van der Waals surface area contributed by atoms with Crippen molar-refractivity contribution >= 4 is 17.6 Å². The first-order valence-electron chi connectivity index (χ1n) is 5.32. The molecule has 16 heavy (non-hydrogen) atoms. The Balaban J connectivity index is 2.38. The van der Waals surface area contributed by atoms with Gasteiger partial charge in [0.2, 0.25) is 0 Å². The van der Waals surface area contributed by atoms with E-state index in [1.165, 1.54) is 7.11 Å². The summed E-state index contributed by atoms with van der Waals surface area (Å²) in [5.41, 5.74) is 2.70. The molecule has 1 heterocycles. The summed E-state index contributed by atoms with van der Waals surface area (Å²) >= 11 is 5.62. The molecule has 0 aromatic heterocycles. The molecule has 0 aromatic rings. The van der Waals surface area contributed by atoms with Crippen molar-refractivity contribution in [3.05, 3.63) is 11.1 Å². The predicted octanol–water partition coefficient (Wildman–Crippen LogP) is 1.39. The molecule has 0 aromatic carbocycles. The molecule has 0 aliphatic carbocycles. The molecule has 0 bridgehead atoms. The van der Waals surface area contributed by atoms with Gasteiger partial charge in [-0.05, 0) is 12.5 Å². The summed E-state index contributed by atoms with van der Waals surface area (Å²) in [6.45, 7) is 5.08. The normalized spacial score (nSPS) is 23.2. The molecular formula is C11H18ClNO3. The first kappa shape index (κ1) is 13.5. The van der Waals surface area contributed by atoms with E-state index in [-0.39, 0.29) is 12.1 Å². The first-order valence-corrected chi connectivity index (χ1v) is 5.76. The largest absolute Gasteiger partial charge is 0.469 e. The van der Waals surface area contributed by atoms with Gasteiger partial charge in [-0.3, -0.25) is 9.69 Å². The van der Waals surface area contributed by atoms with Crippen LogP contribution in [0.15, 0.2) is 11.1 Å². The van der Waals surface area contributed by atoms with Crippen LogP contribution in [0.1, 0.15) is 13.3 Å². The van der Waals surface area contributed by atoms with E-state index in [0.717, 1.165) is 25.2 Å². The Hall–Kier alpha value is -0.580. The molecule has 0 amide bonds. The van der Waals surface area contributed by atoms with E-state index in [1.807, 2.05) is 6.92 Å². The topological polar surface area (TPSA) is 38.8 Å². The van der Waals surface area contributed by atoms with Gasteiger partial charge >= 0.3 is 5.97 Å². The van der Waals surface area contributed by atoms with Crippen molar-refractivity contribution in [2.75, 3.05) is 33.4 Å². The lowest BCUT2D eigenvalue weighted by atomic mass is 10.2. The van der Waals surface area contributed by atoms with Crippen LogP contribution in [0, 0.1) is 0 Å². The Labute approximate surface area is 101 Å². The number of rotatable bonds is 4. The van der Waals surface area contributed by atoms with Gasteiger partial charge in [-0.15, -0.1) is 0 Å². The van der Waals surface area contributed by atoms with E-state index in [4.69, 9.17) is 16.3 Å². The van der Waals surface area contributed by atoms with Gasteiger partial charge in [0.25, 0.3) is 0 Å². The number of morpholine rings is 1. The third kappa shape index (κ3) is 4.51. The van der Waals surface area contributed by atoms with Crippen LogP contribution in [0.25, 0.3) is 0 Å². The molecule has 1 aliphatic rings. The maximum absolute atomic E-state index is 11.1. The highest BCUT2D eigenvalue weighted by Crippen LogP contribution is 2.11. The van der Waals surface area contributed by atoms with Crippen molar-refractivity contribution < 1.29 is 14.3 Å². The quantitative estimate of drug-likeness (QED) is 0.704. The van der Waals surface area contributed by atoms with Crippen molar-refractivity contribution in [2.24, 2.45) is 0 Å². The predicted molar refractivity (Wildman–Crippen MR) is 62.4 cm³/mol. The Kier molecular flexibility index (Phi) is 5.80. The fourth-order valence-corrected chi connectivity index (χ4v) is 1.77. The fraction of sp³-hybridized carbons (Fsp3) is 0.727. The highest BCUT2D eigenvalue weighted by molar-refractivity contribution is 6.25. The van der Waals surface area contributed by atoms with E-state index in [1.54, 1.807) is 5.54 Å². The van der Waals surface area contributed by atoms with Crippen molar-refractivity contribution in [2.45, 2.75) is 19.4 Å². The van der Waals surface area contributed by atoms with Crippen LogP contribution in [0.3, 0.4) is 0 Å². The summed E-state index contributed by atoms with van der Waals surface area (Å²) in [6, 6.07) is 0. The number of hydrogen-bond donors (Lipinski definition) is 0. The zero-order chi connectivity index (χ0) is 12.0. The van der Waals surface area contributed by atoms with Crippen LogP contribution in [0.5, 0.6) is 0 Å². The van der Waals surface area contributed by atoms with Crippen LogP contribution in [0.2, 0.25) is 0 Å². The van der Waals surface area contributed by atoms with Gasteiger partial charge < -0.3 is 9.47 Å². The number of halogens is 1. The zero-order valence-corrected chi connectivity index (χ0v) is 10.5. The number of nitrogens with zero attached hydrogens (tertiary/aromatic N) is 1. The van der Waals surface area contributed by atoms with Crippen molar-refractivity contribution in [1.82, 2.24) is 4.90 Å². The lowest BCUT2D eigenvalue weighted by molar-refractivity contribution is -0.145. The number of carbonyl (C=O) groups excluding carboxylic acids is 1. The molecule has 1 saturated heterocycles. The number of carbonyl (C=O) groups is 1. The number of methoxy groups -OCH3 is 1. The average molecular weight is 248 g/mol. The summed E-state index contributed by atoms with van der Waals surface area (Å²) in [6.07, 6.45) is 0.251. The fourth-order valence-electron chi connectivity index (χ4n) is 1.70. The van der Waals surface area contributed by atoms with Crippen LogP contribution in [0.4, 0.5) is 0 Å². The molecule has 1 atom stereocenters. The van der Waals surface area contributed by atoms with Gasteiger partial charge in [-0.1, -0.05) is 11.6 Å². The summed E-state index contributed by atoms with van der Waals surface area (Å²) in [4.78, 5) is 13.3. The second kappa shape index (κ2) is 6.89. The van der Waals surface area contributed by atoms with Crippen molar-refractivity contribution in [3.8, 4) is 0 Å². The van der Waals surface area contributed by atoms with Crippen LogP contribution in [-0.4, -0.2) is 50.3 Å². The molecule has 5 heteroatoms. The Morgan fingerprint density at radius 1 is 1.69 bits per heavy atom. The third-order valence-corrected chi connectivity index (χ3v) is 2.88. The van der Waals surface area contributed by atoms with Crippen LogP contribution >= 0.6 is 11.6 Å². The zero-order valence-electron chi connectivity index (χ0n) is 9.74. The minimum absolute atomic E-state index is 0.0654. The minimum Gasteiger partial charge on any atom is -0.469 e. The molecule has 0 radical (unpaired) electrons. The Morgan fingerprint density at radius 3 is 3.06 bits per heavy atom. The second-order valence-corrected chi connectivity index (χ2v) is 4.18.